The molecule has 0 aliphatic rings. The lowest BCUT2D eigenvalue weighted by molar-refractivity contribution is -0.0498. The standard InChI is InChI=1S/C17H20F2N2O4S2/c1-3-21(4-2)27(23,24)15-10-9-14(26-15)11-20-16(22)12-5-7-13(8-6-12)25-17(18)19/h5-10,17H,3-4,11H2,1-2H3,(H,20,22). The van der Waals surface area contributed by atoms with Crippen LogP contribution in [0.2, 0.25) is 0 Å². The van der Waals surface area contributed by atoms with Crippen molar-refractivity contribution in [1.82, 2.24) is 9.62 Å². The maximum absolute atomic E-state index is 12.5. The van der Waals surface area contributed by atoms with Crippen molar-refractivity contribution in [3.63, 3.8) is 0 Å². The molecule has 0 atom stereocenters. The highest BCUT2D eigenvalue weighted by molar-refractivity contribution is 7.91. The molecule has 1 N–H and O–H groups in total. The van der Waals surface area contributed by atoms with E-state index < -0.39 is 22.5 Å². The maximum atomic E-state index is 12.5. The molecule has 27 heavy (non-hydrogen) atoms. The van der Waals surface area contributed by atoms with E-state index in [9.17, 15) is 22.0 Å². The van der Waals surface area contributed by atoms with E-state index in [1.165, 1.54) is 34.6 Å². The Labute approximate surface area is 160 Å². The summed E-state index contributed by atoms with van der Waals surface area (Å²) in [4.78, 5) is 12.8. The smallest absolute Gasteiger partial charge is 0.387 e. The second-order valence-electron chi connectivity index (χ2n) is 5.40. The van der Waals surface area contributed by atoms with Crippen LogP contribution in [0.15, 0.2) is 40.6 Å². The molecule has 1 aromatic heterocycles. The number of halogens is 2. The van der Waals surface area contributed by atoms with E-state index >= 15 is 0 Å². The molecule has 0 radical (unpaired) electrons. The lowest BCUT2D eigenvalue weighted by Crippen LogP contribution is -2.30. The number of alkyl halides is 2. The van der Waals surface area contributed by atoms with E-state index in [0.29, 0.717) is 18.0 Å². The summed E-state index contributed by atoms with van der Waals surface area (Å²) in [5.41, 5.74) is 0.282. The number of rotatable bonds is 9. The van der Waals surface area contributed by atoms with Gasteiger partial charge in [-0.1, -0.05) is 13.8 Å². The van der Waals surface area contributed by atoms with Gasteiger partial charge in [-0.15, -0.1) is 11.3 Å². The summed E-state index contributed by atoms with van der Waals surface area (Å²) >= 11 is 1.10. The Hall–Kier alpha value is -2.04. The molecule has 0 saturated carbocycles. The summed E-state index contributed by atoms with van der Waals surface area (Å²) in [6.45, 7) is 1.54. The van der Waals surface area contributed by atoms with E-state index in [-0.39, 0.29) is 22.1 Å². The highest BCUT2D eigenvalue weighted by atomic mass is 32.2. The molecule has 148 valence electrons. The van der Waals surface area contributed by atoms with Crippen LogP contribution in [-0.4, -0.2) is 38.3 Å². The molecule has 0 aliphatic carbocycles. The Kier molecular flexibility index (Phi) is 7.28. The molecule has 0 spiro atoms. The fourth-order valence-electron chi connectivity index (χ4n) is 2.34. The van der Waals surface area contributed by atoms with Crippen LogP contribution in [-0.2, 0) is 16.6 Å². The first-order valence-corrected chi connectivity index (χ1v) is 10.5. The third kappa shape index (κ3) is 5.47. The van der Waals surface area contributed by atoms with E-state index in [0.717, 1.165) is 11.3 Å². The van der Waals surface area contributed by atoms with Crippen molar-refractivity contribution >= 4 is 27.3 Å². The third-order valence-corrected chi connectivity index (χ3v) is 7.30. The summed E-state index contributed by atoms with van der Waals surface area (Å²) in [7, 11) is -3.52. The Balaban J connectivity index is 1.99. The summed E-state index contributed by atoms with van der Waals surface area (Å²) in [6.07, 6.45) is 0. The summed E-state index contributed by atoms with van der Waals surface area (Å²) < 4.78 is 55.0. The van der Waals surface area contributed by atoms with Crippen molar-refractivity contribution in [3.8, 4) is 5.75 Å². The van der Waals surface area contributed by atoms with Crippen molar-refractivity contribution < 1.29 is 26.7 Å². The SMILES string of the molecule is CCN(CC)S(=O)(=O)c1ccc(CNC(=O)c2ccc(OC(F)F)cc2)s1. The quantitative estimate of drug-likeness (QED) is 0.678. The molecule has 1 aromatic carbocycles. The van der Waals surface area contributed by atoms with E-state index in [1.807, 2.05) is 0 Å². The van der Waals surface area contributed by atoms with Gasteiger partial charge in [-0.3, -0.25) is 4.79 Å². The normalized spacial score (nSPS) is 11.8. The van der Waals surface area contributed by atoms with Crippen molar-refractivity contribution in [2.24, 2.45) is 0 Å². The van der Waals surface area contributed by atoms with Gasteiger partial charge in [0.2, 0.25) is 0 Å². The topological polar surface area (TPSA) is 75.7 Å². The number of hydrogen-bond donors (Lipinski definition) is 1. The third-order valence-electron chi connectivity index (χ3n) is 3.70. The molecule has 0 bridgehead atoms. The summed E-state index contributed by atoms with van der Waals surface area (Å²) in [5, 5.41) is 2.67. The second kappa shape index (κ2) is 9.25. The van der Waals surface area contributed by atoms with Gasteiger partial charge in [-0.2, -0.15) is 13.1 Å². The molecule has 0 aliphatic heterocycles. The Morgan fingerprint density at radius 2 is 1.78 bits per heavy atom. The number of ether oxygens (including phenoxy) is 1. The number of nitrogens with one attached hydrogen (secondary N) is 1. The van der Waals surface area contributed by atoms with Crippen LogP contribution >= 0.6 is 11.3 Å². The van der Waals surface area contributed by atoms with Gasteiger partial charge in [0.05, 0.1) is 6.54 Å². The van der Waals surface area contributed by atoms with Gasteiger partial charge < -0.3 is 10.1 Å². The van der Waals surface area contributed by atoms with E-state index in [2.05, 4.69) is 10.1 Å². The van der Waals surface area contributed by atoms with Gasteiger partial charge >= 0.3 is 6.61 Å². The zero-order valence-corrected chi connectivity index (χ0v) is 16.4. The fourth-order valence-corrected chi connectivity index (χ4v) is 5.25. The molecule has 2 rings (SSSR count). The molecule has 1 heterocycles. The lowest BCUT2D eigenvalue weighted by Gasteiger charge is -2.16. The van der Waals surface area contributed by atoms with Crippen LogP contribution in [0.3, 0.4) is 0 Å². The molecule has 10 heteroatoms. The van der Waals surface area contributed by atoms with Gasteiger partial charge in [0.25, 0.3) is 15.9 Å². The first-order chi connectivity index (χ1) is 12.8. The average Bonchev–Trinajstić information content (AvgIpc) is 3.10. The number of amides is 1. The van der Waals surface area contributed by atoms with E-state index in [4.69, 9.17) is 0 Å². The number of carbonyl (C=O) groups is 1. The van der Waals surface area contributed by atoms with Gasteiger partial charge in [0.15, 0.2) is 0 Å². The minimum absolute atomic E-state index is 0.0361. The van der Waals surface area contributed by atoms with Crippen LogP contribution in [0.1, 0.15) is 29.1 Å². The molecule has 0 saturated heterocycles. The largest absolute Gasteiger partial charge is 0.435 e. The fraction of sp³-hybridized carbons (Fsp3) is 0.353. The highest BCUT2D eigenvalue weighted by Crippen LogP contribution is 2.25. The Morgan fingerprint density at radius 3 is 2.33 bits per heavy atom. The highest BCUT2D eigenvalue weighted by Gasteiger charge is 2.23. The van der Waals surface area contributed by atoms with Gasteiger partial charge in [-0.25, -0.2) is 8.42 Å². The monoisotopic (exact) mass is 418 g/mol. The first kappa shape index (κ1) is 21.3. The lowest BCUT2D eigenvalue weighted by atomic mass is 10.2. The minimum atomic E-state index is -3.52. The molecular weight excluding hydrogens is 398 g/mol. The Morgan fingerprint density at radius 1 is 1.15 bits per heavy atom. The molecule has 6 nitrogen and oxygen atoms in total. The van der Waals surface area contributed by atoms with Crippen molar-refractivity contribution in [2.75, 3.05) is 13.1 Å². The molecule has 0 fully saturated rings. The molecule has 0 unspecified atom stereocenters. The average molecular weight is 418 g/mol. The van der Waals surface area contributed by atoms with E-state index in [1.54, 1.807) is 19.9 Å². The summed E-state index contributed by atoms with van der Waals surface area (Å²) in [5.74, 6) is -0.439. The van der Waals surface area contributed by atoms with Crippen LogP contribution < -0.4 is 10.1 Å². The predicted molar refractivity (Wildman–Crippen MR) is 98.7 cm³/mol. The molecular formula is C17H20F2N2O4S2. The zero-order valence-electron chi connectivity index (χ0n) is 14.8. The van der Waals surface area contributed by atoms with Crippen molar-refractivity contribution in [1.29, 1.82) is 0 Å². The van der Waals surface area contributed by atoms with Crippen LogP contribution in [0.5, 0.6) is 5.75 Å². The second-order valence-corrected chi connectivity index (χ2v) is 8.73. The number of carbonyl (C=O) groups excluding carboxylic acids is 1. The van der Waals surface area contributed by atoms with Gasteiger partial charge in [0, 0.05) is 23.5 Å². The van der Waals surface area contributed by atoms with Crippen LogP contribution in [0.4, 0.5) is 8.78 Å². The minimum Gasteiger partial charge on any atom is -0.435 e. The Bertz CT molecular complexity index is 863. The van der Waals surface area contributed by atoms with Crippen LogP contribution in [0, 0.1) is 0 Å². The predicted octanol–water partition coefficient (Wildman–Crippen LogP) is 3.31. The first-order valence-electron chi connectivity index (χ1n) is 8.19. The number of hydrogen-bond acceptors (Lipinski definition) is 5. The number of sulfonamides is 1. The van der Waals surface area contributed by atoms with Gasteiger partial charge in [-0.05, 0) is 36.4 Å². The number of thiophene rings is 1. The van der Waals surface area contributed by atoms with Crippen LogP contribution in [0.25, 0.3) is 0 Å². The molecule has 1 amide bonds. The van der Waals surface area contributed by atoms with Crippen molar-refractivity contribution in [2.45, 2.75) is 31.2 Å². The molecule has 2 aromatic rings. The zero-order chi connectivity index (χ0) is 20.0. The summed E-state index contributed by atoms with van der Waals surface area (Å²) in [6, 6.07) is 8.48. The maximum Gasteiger partial charge on any atom is 0.387 e. The number of benzene rings is 1. The number of nitrogens with zero attached hydrogens (tertiary/aromatic N) is 1. The van der Waals surface area contributed by atoms with Crippen molar-refractivity contribution in [3.05, 3.63) is 46.8 Å². The van der Waals surface area contributed by atoms with Gasteiger partial charge in [0.1, 0.15) is 9.96 Å².